The van der Waals surface area contributed by atoms with Gasteiger partial charge in [-0.05, 0) is 0 Å². The highest BCUT2D eigenvalue weighted by Gasteiger charge is 2.56. The van der Waals surface area contributed by atoms with Crippen molar-refractivity contribution < 1.29 is 28.4 Å². The van der Waals surface area contributed by atoms with Crippen LogP contribution in [0.15, 0.2) is 60.7 Å². The molecule has 27 heavy (non-hydrogen) atoms. The molecular weight excluding hydrogens is 348 g/mol. The molecular formula is C21H22O6. The highest BCUT2D eigenvalue weighted by Crippen LogP contribution is 2.43. The summed E-state index contributed by atoms with van der Waals surface area (Å²) in [4.78, 5) is 0. The number of hydrogen-bond donors (Lipinski definition) is 0. The average Bonchev–Trinajstić information content (AvgIpc) is 3.20. The van der Waals surface area contributed by atoms with Crippen LogP contribution in [-0.4, -0.2) is 44.4 Å². The lowest BCUT2D eigenvalue weighted by molar-refractivity contribution is -0.343. The van der Waals surface area contributed by atoms with Crippen LogP contribution in [0.4, 0.5) is 0 Å². The van der Waals surface area contributed by atoms with E-state index in [1.807, 2.05) is 60.7 Å². The quantitative estimate of drug-likeness (QED) is 0.828. The number of ether oxygens (including phenoxy) is 6. The van der Waals surface area contributed by atoms with Crippen molar-refractivity contribution in [2.24, 2.45) is 0 Å². The maximum Gasteiger partial charge on any atom is 0.186 e. The van der Waals surface area contributed by atoms with Gasteiger partial charge in [0, 0.05) is 18.2 Å². The van der Waals surface area contributed by atoms with Gasteiger partial charge in [-0.1, -0.05) is 60.7 Å². The van der Waals surface area contributed by atoms with Gasteiger partial charge in [-0.25, -0.2) is 0 Å². The van der Waals surface area contributed by atoms with E-state index in [-0.39, 0.29) is 24.4 Å². The maximum atomic E-state index is 6.27. The summed E-state index contributed by atoms with van der Waals surface area (Å²) in [7, 11) is 1.61. The zero-order valence-corrected chi connectivity index (χ0v) is 15.0. The Labute approximate surface area is 157 Å². The second-order valence-electron chi connectivity index (χ2n) is 6.90. The van der Waals surface area contributed by atoms with Gasteiger partial charge >= 0.3 is 0 Å². The Morgan fingerprint density at radius 2 is 1.30 bits per heavy atom. The smallest absolute Gasteiger partial charge is 0.186 e. The molecule has 2 aromatic rings. The third-order valence-electron chi connectivity index (χ3n) is 5.22. The SMILES string of the molecule is CO[C@H]1O[C@H]2CO[C@H](c3ccccc3)O[C@@H]2[C@H]2O[C@H](c3ccccc3)O[C@H]12. The second kappa shape index (κ2) is 7.31. The summed E-state index contributed by atoms with van der Waals surface area (Å²) < 4.78 is 36.1. The van der Waals surface area contributed by atoms with Crippen LogP contribution in [0.25, 0.3) is 0 Å². The topological polar surface area (TPSA) is 55.4 Å². The molecule has 3 heterocycles. The lowest BCUT2D eigenvalue weighted by Crippen LogP contribution is -2.61. The largest absolute Gasteiger partial charge is 0.353 e. The van der Waals surface area contributed by atoms with Crippen LogP contribution in [0, 0.1) is 0 Å². The van der Waals surface area contributed by atoms with Crippen molar-refractivity contribution in [3.63, 3.8) is 0 Å². The minimum absolute atomic E-state index is 0.269. The normalized spacial score (nSPS) is 38.2. The molecule has 0 bridgehead atoms. The average molecular weight is 370 g/mol. The van der Waals surface area contributed by atoms with E-state index in [0.717, 1.165) is 11.1 Å². The first-order valence-corrected chi connectivity index (χ1v) is 9.19. The van der Waals surface area contributed by atoms with E-state index in [1.54, 1.807) is 7.11 Å². The zero-order chi connectivity index (χ0) is 18.2. The number of fused-ring (bicyclic) bond motifs is 3. The van der Waals surface area contributed by atoms with Crippen LogP contribution < -0.4 is 0 Å². The van der Waals surface area contributed by atoms with Crippen molar-refractivity contribution in [2.45, 2.75) is 43.3 Å². The van der Waals surface area contributed by atoms with Crippen molar-refractivity contribution in [3.05, 3.63) is 71.8 Å². The van der Waals surface area contributed by atoms with Crippen molar-refractivity contribution in [1.82, 2.24) is 0 Å². The Morgan fingerprint density at radius 3 is 1.96 bits per heavy atom. The number of methoxy groups -OCH3 is 1. The van der Waals surface area contributed by atoms with E-state index in [0.29, 0.717) is 6.61 Å². The molecule has 6 nitrogen and oxygen atoms in total. The van der Waals surface area contributed by atoms with Crippen molar-refractivity contribution >= 4 is 0 Å². The van der Waals surface area contributed by atoms with Gasteiger partial charge in [-0.15, -0.1) is 0 Å². The Balaban J connectivity index is 1.39. The zero-order valence-electron chi connectivity index (χ0n) is 15.0. The first-order chi connectivity index (χ1) is 13.3. The molecule has 0 amide bonds. The molecule has 2 aromatic carbocycles. The fourth-order valence-electron chi connectivity index (χ4n) is 3.90. The van der Waals surface area contributed by atoms with Gasteiger partial charge in [-0.2, -0.15) is 0 Å². The third-order valence-corrected chi connectivity index (χ3v) is 5.22. The van der Waals surface area contributed by atoms with Crippen LogP contribution in [-0.2, 0) is 28.4 Å². The summed E-state index contributed by atoms with van der Waals surface area (Å²) in [6.45, 7) is 0.409. The lowest BCUT2D eigenvalue weighted by Gasteiger charge is -2.45. The molecule has 0 radical (unpaired) electrons. The van der Waals surface area contributed by atoms with Gasteiger partial charge in [0.1, 0.15) is 24.4 Å². The van der Waals surface area contributed by atoms with Crippen LogP contribution >= 0.6 is 0 Å². The van der Waals surface area contributed by atoms with E-state index in [1.165, 1.54) is 0 Å². The van der Waals surface area contributed by atoms with Gasteiger partial charge in [0.25, 0.3) is 0 Å². The summed E-state index contributed by atoms with van der Waals surface area (Å²) in [5.74, 6) is 0. The van der Waals surface area contributed by atoms with Gasteiger partial charge < -0.3 is 28.4 Å². The van der Waals surface area contributed by atoms with Gasteiger partial charge in [0.15, 0.2) is 18.9 Å². The first kappa shape index (κ1) is 17.3. The fraction of sp³-hybridized carbons (Fsp3) is 0.429. The minimum atomic E-state index is -0.523. The van der Waals surface area contributed by atoms with Crippen molar-refractivity contribution in [1.29, 1.82) is 0 Å². The van der Waals surface area contributed by atoms with E-state index >= 15 is 0 Å². The minimum Gasteiger partial charge on any atom is -0.353 e. The van der Waals surface area contributed by atoms with Gasteiger partial charge in [0.2, 0.25) is 0 Å². The monoisotopic (exact) mass is 370 g/mol. The molecule has 3 aliphatic rings. The molecule has 0 aromatic heterocycles. The standard InChI is InChI=1S/C21H22O6/c1-22-21-18-17(26-20(27-18)14-10-6-3-7-11-14)16-15(24-21)12-23-19(25-16)13-8-4-2-5-9-13/h2-11,15-21H,12H2,1H3/t15-,16-,17+,18-,19-,20-,21-/m0/s1. The Kier molecular flexibility index (Phi) is 4.69. The molecule has 0 spiro atoms. The Hall–Kier alpha value is -1.80. The Bertz CT molecular complexity index is 754. The molecule has 0 aliphatic carbocycles. The number of rotatable bonds is 3. The molecule has 5 rings (SSSR count). The predicted octanol–water partition coefficient (Wildman–Crippen LogP) is 2.95. The molecule has 3 aliphatic heterocycles. The van der Waals surface area contributed by atoms with Crippen molar-refractivity contribution in [2.75, 3.05) is 13.7 Å². The van der Waals surface area contributed by atoms with Gasteiger partial charge in [-0.3, -0.25) is 0 Å². The maximum absolute atomic E-state index is 6.27. The molecule has 0 saturated carbocycles. The van der Waals surface area contributed by atoms with E-state index < -0.39 is 18.9 Å². The van der Waals surface area contributed by atoms with Crippen molar-refractivity contribution in [3.8, 4) is 0 Å². The van der Waals surface area contributed by atoms with Gasteiger partial charge in [0.05, 0.1) is 6.61 Å². The lowest BCUT2D eigenvalue weighted by atomic mass is 9.98. The molecule has 3 fully saturated rings. The summed E-state index contributed by atoms with van der Waals surface area (Å²) in [5, 5.41) is 0. The van der Waals surface area contributed by atoms with Crippen LogP contribution in [0.3, 0.4) is 0 Å². The summed E-state index contributed by atoms with van der Waals surface area (Å²) in [6, 6.07) is 19.8. The molecule has 6 heteroatoms. The van der Waals surface area contributed by atoms with E-state index in [9.17, 15) is 0 Å². The fourth-order valence-corrected chi connectivity index (χ4v) is 3.90. The van der Waals surface area contributed by atoms with Crippen LogP contribution in [0.2, 0.25) is 0 Å². The molecule has 7 atom stereocenters. The summed E-state index contributed by atoms with van der Waals surface area (Å²) in [6.07, 6.45) is -2.67. The van der Waals surface area contributed by atoms with E-state index in [2.05, 4.69) is 0 Å². The predicted molar refractivity (Wildman–Crippen MR) is 94.6 cm³/mol. The summed E-state index contributed by atoms with van der Waals surface area (Å²) in [5.41, 5.74) is 1.94. The molecule has 3 saturated heterocycles. The molecule has 0 N–H and O–H groups in total. The number of benzene rings is 2. The second-order valence-corrected chi connectivity index (χ2v) is 6.90. The third kappa shape index (κ3) is 3.18. The number of hydrogen-bond acceptors (Lipinski definition) is 6. The van der Waals surface area contributed by atoms with E-state index in [4.69, 9.17) is 28.4 Å². The highest BCUT2D eigenvalue weighted by molar-refractivity contribution is 5.18. The molecule has 142 valence electrons. The highest BCUT2D eigenvalue weighted by atomic mass is 16.8. The Morgan fingerprint density at radius 1 is 0.704 bits per heavy atom. The first-order valence-electron chi connectivity index (χ1n) is 9.19. The van der Waals surface area contributed by atoms with Crippen LogP contribution in [0.5, 0.6) is 0 Å². The van der Waals surface area contributed by atoms with Crippen LogP contribution in [0.1, 0.15) is 23.7 Å². The molecule has 0 unspecified atom stereocenters. The summed E-state index contributed by atoms with van der Waals surface area (Å²) >= 11 is 0.